The van der Waals surface area contributed by atoms with E-state index in [1.807, 2.05) is 0 Å². The first-order valence-electron chi connectivity index (χ1n) is 6.32. The monoisotopic (exact) mass is 284 g/mol. The molecular formula is C12H20N4O2S. The van der Waals surface area contributed by atoms with Gasteiger partial charge in [0.05, 0.1) is 11.9 Å². The third-order valence-corrected chi connectivity index (χ3v) is 4.54. The molecule has 6 nitrogen and oxygen atoms in total. The van der Waals surface area contributed by atoms with Crippen molar-refractivity contribution in [2.75, 3.05) is 24.2 Å². The SMILES string of the molecule is Cc1nc(N2C[C@@H](C)NC[C@@H]2C)ncc1S(C)(=O)=O. The van der Waals surface area contributed by atoms with Crippen molar-refractivity contribution < 1.29 is 8.42 Å². The van der Waals surface area contributed by atoms with Crippen molar-refractivity contribution in [2.45, 2.75) is 37.8 Å². The molecule has 0 bridgehead atoms. The first kappa shape index (κ1) is 14.2. The number of anilines is 1. The Morgan fingerprint density at radius 2 is 2.11 bits per heavy atom. The van der Waals surface area contributed by atoms with E-state index in [4.69, 9.17) is 0 Å². The summed E-state index contributed by atoms with van der Waals surface area (Å²) < 4.78 is 23.1. The van der Waals surface area contributed by atoms with Gasteiger partial charge >= 0.3 is 0 Å². The Kier molecular flexibility index (Phi) is 3.78. The van der Waals surface area contributed by atoms with Gasteiger partial charge in [0.15, 0.2) is 9.84 Å². The number of nitrogens with zero attached hydrogens (tertiary/aromatic N) is 3. The standard InChI is InChI=1S/C12H20N4O2S/c1-8-7-16(9(2)5-13-8)12-14-6-11(10(3)15-12)19(4,17)18/h6,8-9,13H,5,7H2,1-4H3/t8-,9+/m1/s1. The summed E-state index contributed by atoms with van der Waals surface area (Å²) in [6.07, 6.45) is 2.58. The van der Waals surface area contributed by atoms with Crippen LogP contribution >= 0.6 is 0 Å². The number of hydrogen-bond acceptors (Lipinski definition) is 6. The zero-order valence-corrected chi connectivity index (χ0v) is 12.5. The van der Waals surface area contributed by atoms with Crippen LogP contribution in [0.3, 0.4) is 0 Å². The summed E-state index contributed by atoms with van der Waals surface area (Å²) in [4.78, 5) is 10.9. The summed E-state index contributed by atoms with van der Waals surface area (Å²) >= 11 is 0. The third-order valence-electron chi connectivity index (χ3n) is 3.34. The highest BCUT2D eigenvalue weighted by Gasteiger charge is 2.25. The number of piperazine rings is 1. The van der Waals surface area contributed by atoms with Crippen LogP contribution in [0.25, 0.3) is 0 Å². The van der Waals surface area contributed by atoms with Crippen molar-refractivity contribution in [2.24, 2.45) is 0 Å². The normalized spacial score (nSPS) is 24.5. The maximum absolute atomic E-state index is 11.6. The zero-order chi connectivity index (χ0) is 14.2. The van der Waals surface area contributed by atoms with Crippen LogP contribution in [0.1, 0.15) is 19.5 Å². The first-order valence-corrected chi connectivity index (χ1v) is 8.22. The van der Waals surface area contributed by atoms with Crippen molar-refractivity contribution in [1.82, 2.24) is 15.3 Å². The number of nitrogens with one attached hydrogen (secondary N) is 1. The molecule has 0 unspecified atom stereocenters. The van der Waals surface area contributed by atoms with Crippen LogP contribution in [-0.2, 0) is 9.84 Å². The lowest BCUT2D eigenvalue weighted by Crippen LogP contribution is -2.55. The maximum atomic E-state index is 11.6. The predicted octanol–water partition coefficient (Wildman–Crippen LogP) is 0.375. The summed E-state index contributed by atoms with van der Waals surface area (Å²) in [5.41, 5.74) is 0.505. The molecule has 2 atom stereocenters. The van der Waals surface area contributed by atoms with Gasteiger partial charge in [-0.25, -0.2) is 18.4 Å². The first-order chi connectivity index (χ1) is 8.79. The van der Waals surface area contributed by atoms with Crippen LogP contribution in [-0.4, -0.2) is 49.8 Å². The lowest BCUT2D eigenvalue weighted by atomic mass is 10.1. The lowest BCUT2D eigenvalue weighted by Gasteiger charge is -2.37. The zero-order valence-electron chi connectivity index (χ0n) is 11.7. The quantitative estimate of drug-likeness (QED) is 0.846. The van der Waals surface area contributed by atoms with Gasteiger partial charge in [-0.05, 0) is 20.8 Å². The highest BCUT2D eigenvalue weighted by atomic mass is 32.2. The average molecular weight is 284 g/mol. The van der Waals surface area contributed by atoms with Gasteiger partial charge in [-0.3, -0.25) is 0 Å². The number of hydrogen-bond donors (Lipinski definition) is 1. The Hall–Kier alpha value is -1.21. The highest BCUT2D eigenvalue weighted by molar-refractivity contribution is 7.90. The van der Waals surface area contributed by atoms with Gasteiger partial charge in [0.2, 0.25) is 5.95 Å². The minimum Gasteiger partial charge on any atom is -0.335 e. The van der Waals surface area contributed by atoms with Crippen LogP contribution in [0.4, 0.5) is 5.95 Å². The highest BCUT2D eigenvalue weighted by Crippen LogP contribution is 2.19. The number of aromatic nitrogens is 2. The van der Waals surface area contributed by atoms with Gasteiger partial charge in [-0.1, -0.05) is 0 Å². The Morgan fingerprint density at radius 3 is 2.68 bits per heavy atom. The number of sulfone groups is 1. The molecule has 1 aliphatic heterocycles. The van der Waals surface area contributed by atoms with E-state index in [1.54, 1.807) is 6.92 Å². The van der Waals surface area contributed by atoms with Crippen LogP contribution in [0.15, 0.2) is 11.1 Å². The fraction of sp³-hybridized carbons (Fsp3) is 0.667. The molecule has 1 aliphatic rings. The van der Waals surface area contributed by atoms with Crippen molar-refractivity contribution in [3.63, 3.8) is 0 Å². The summed E-state index contributed by atoms with van der Waals surface area (Å²) in [5, 5.41) is 3.39. The largest absolute Gasteiger partial charge is 0.335 e. The van der Waals surface area contributed by atoms with E-state index in [-0.39, 0.29) is 4.90 Å². The van der Waals surface area contributed by atoms with Crippen LogP contribution in [0.2, 0.25) is 0 Å². The van der Waals surface area contributed by atoms with E-state index >= 15 is 0 Å². The smallest absolute Gasteiger partial charge is 0.225 e. The minimum absolute atomic E-state index is 0.201. The molecule has 2 rings (SSSR count). The summed E-state index contributed by atoms with van der Waals surface area (Å²) in [5.74, 6) is 0.603. The van der Waals surface area contributed by atoms with Crippen LogP contribution < -0.4 is 10.2 Å². The van der Waals surface area contributed by atoms with E-state index in [0.29, 0.717) is 23.7 Å². The summed E-state index contributed by atoms with van der Waals surface area (Å²) in [6.45, 7) is 7.60. The Morgan fingerprint density at radius 1 is 1.42 bits per heavy atom. The molecule has 0 aromatic carbocycles. The molecule has 0 radical (unpaired) electrons. The second kappa shape index (κ2) is 5.05. The van der Waals surface area contributed by atoms with E-state index in [1.165, 1.54) is 12.5 Å². The summed E-state index contributed by atoms with van der Waals surface area (Å²) in [6, 6.07) is 0.661. The molecule has 19 heavy (non-hydrogen) atoms. The fourth-order valence-corrected chi connectivity index (χ4v) is 3.07. The topological polar surface area (TPSA) is 75.2 Å². The van der Waals surface area contributed by atoms with Gasteiger partial charge in [0.25, 0.3) is 0 Å². The van der Waals surface area contributed by atoms with Crippen molar-refractivity contribution in [1.29, 1.82) is 0 Å². The molecule has 0 aliphatic carbocycles. The fourth-order valence-electron chi connectivity index (χ4n) is 2.25. The van der Waals surface area contributed by atoms with Gasteiger partial charge < -0.3 is 10.2 Å². The van der Waals surface area contributed by atoms with Gasteiger partial charge in [0.1, 0.15) is 4.90 Å². The van der Waals surface area contributed by atoms with Gasteiger partial charge in [-0.2, -0.15) is 0 Å². The molecule has 7 heteroatoms. The second-order valence-electron chi connectivity index (χ2n) is 5.20. The Labute approximate surface area is 114 Å². The molecule has 1 saturated heterocycles. The van der Waals surface area contributed by atoms with E-state index in [0.717, 1.165) is 13.1 Å². The second-order valence-corrected chi connectivity index (χ2v) is 7.19. The van der Waals surface area contributed by atoms with E-state index in [2.05, 4.69) is 34.0 Å². The molecule has 1 fully saturated rings. The van der Waals surface area contributed by atoms with Gasteiger partial charge in [-0.15, -0.1) is 0 Å². The minimum atomic E-state index is -3.26. The molecule has 106 valence electrons. The number of aryl methyl sites for hydroxylation is 1. The Balaban J connectivity index is 2.34. The van der Waals surface area contributed by atoms with Crippen LogP contribution in [0.5, 0.6) is 0 Å². The molecule has 0 spiro atoms. The van der Waals surface area contributed by atoms with Crippen LogP contribution in [0, 0.1) is 6.92 Å². The van der Waals surface area contributed by atoms with E-state index < -0.39 is 9.84 Å². The number of rotatable bonds is 2. The average Bonchev–Trinajstić information content (AvgIpc) is 2.30. The molecule has 0 amide bonds. The third kappa shape index (κ3) is 3.03. The van der Waals surface area contributed by atoms with Crippen molar-refractivity contribution >= 4 is 15.8 Å². The van der Waals surface area contributed by atoms with Crippen molar-refractivity contribution in [3.8, 4) is 0 Å². The molecule has 1 N–H and O–H groups in total. The van der Waals surface area contributed by atoms with Gasteiger partial charge in [0, 0.05) is 31.4 Å². The maximum Gasteiger partial charge on any atom is 0.225 e. The summed E-state index contributed by atoms with van der Waals surface area (Å²) in [7, 11) is -3.26. The molecule has 1 aromatic heterocycles. The molecule has 1 aromatic rings. The lowest BCUT2D eigenvalue weighted by molar-refractivity contribution is 0.419. The molecular weight excluding hydrogens is 264 g/mol. The molecule has 2 heterocycles. The van der Waals surface area contributed by atoms with E-state index in [9.17, 15) is 8.42 Å². The predicted molar refractivity (Wildman–Crippen MR) is 74.2 cm³/mol. The van der Waals surface area contributed by atoms with Crippen molar-refractivity contribution in [3.05, 3.63) is 11.9 Å². The Bertz CT molecular complexity index is 573. The molecule has 0 saturated carbocycles.